The lowest BCUT2D eigenvalue weighted by molar-refractivity contribution is -0.125. The highest BCUT2D eigenvalue weighted by Crippen LogP contribution is 2.00. The highest BCUT2D eigenvalue weighted by Gasteiger charge is 2.08. The summed E-state index contributed by atoms with van der Waals surface area (Å²) < 4.78 is 21.3. The van der Waals surface area contributed by atoms with E-state index in [1.807, 2.05) is 13.8 Å². The van der Waals surface area contributed by atoms with E-state index in [4.69, 9.17) is 18.9 Å². The van der Waals surface area contributed by atoms with Crippen molar-refractivity contribution in [2.75, 3.05) is 66.4 Å². The molecule has 0 heterocycles. The first-order chi connectivity index (χ1) is 14.6. The predicted molar refractivity (Wildman–Crippen MR) is 118 cm³/mol. The lowest BCUT2D eigenvalue weighted by Crippen LogP contribution is -2.29. The Morgan fingerprint density at radius 3 is 1.73 bits per heavy atom. The summed E-state index contributed by atoms with van der Waals surface area (Å²) in [7, 11) is 1.51. The lowest BCUT2D eigenvalue weighted by atomic mass is 10.1. The smallest absolute Gasteiger partial charge is 0.245 e. The molecule has 0 radical (unpaired) electrons. The van der Waals surface area contributed by atoms with E-state index in [9.17, 15) is 9.59 Å². The molecule has 1 atom stereocenters. The van der Waals surface area contributed by atoms with Gasteiger partial charge in [0.2, 0.25) is 11.8 Å². The SMILES string of the molecule is CCC(C)C(=O)NCCCCCOCCOCCOCCCCCNC(=O)COC. The van der Waals surface area contributed by atoms with Crippen LogP contribution in [-0.2, 0) is 28.5 Å². The number of amides is 2. The van der Waals surface area contributed by atoms with Crippen LogP contribution in [0.1, 0.15) is 58.8 Å². The number of carbonyl (C=O) groups is 2. The molecule has 2 amide bonds. The van der Waals surface area contributed by atoms with Gasteiger partial charge in [-0.05, 0) is 44.9 Å². The average molecular weight is 433 g/mol. The Balaban J connectivity index is 3.13. The van der Waals surface area contributed by atoms with Gasteiger partial charge in [-0.15, -0.1) is 0 Å². The third kappa shape index (κ3) is 20.1. The Labute approximate surface area is 182 Å². The van der Waals surface area contributed by atoms with Crippen LogP contribution < -0.4 is 10.6 Å². The second-order valence-corrected chi connectivity index (χ2v) is 7.34. The molecule has 0 aromatic carbocycles. The lowest BCUT2D eigenvalue weighted by Gasteiger charge is -2.10. The number of unbranched alkanes of at least 4 members (excludes halogenated alkanes) is 4. The van der Waals surface area contributed by atoms with E-state index >= 15 is 0 Å². The van der Waals surface area contributed by atoms with Crippen molar-refractivity contribution in [3.63, 3.8) is 0 Å². The molecule has 0 aliphatic rings. The second-order valence-electron chi connectivity index (χ2n) is 7.34. The topological polar surface area (TPSA) is 95.1 Å². The zero-order chi connectivity index (χ0) is 22.3. The number of hydrogen-bond donors (Lipinski definition) is 2. The van der Waals surface area contributed by atoms with Crippen LogP contribution in [0.4, 0.5) is 0 Å². The van der Waals surface area contributed by atoms with Gasteiger partial charge in [-0.3, -0.25) is 9.59 Å². The summed E-state index contributed by atoms with van der Waals surface area (Å²) in [5.41, 5.74) is 0. The van der Waals surface area contributed by atoms with Crippen molar-refractivity contribution in [2.24, 2.45) is 5.92 Å². The van der Waals surface area contributed by atoms with E-state index in [1.165, 1.54) is 7.11 Å². The van der Waals surface area contributed by atoms with Crippen molar-refractivity contribution in [2.45, 2.75) is 58.8 Å². The minimum Gasteiger partial charge on any atom is -0.379 e. The third-order valence-electron chi connectivity index (χ3n) is 4.63. The van der Waals surface area contributed by atoms with E-state index < -0.39 is 0 Å². The number of carbonyl (C=O) groups excluding carboxylic acids is 2. The quantitative estimate of drug-likeness (QED) is 0.255. The molecule has 8 nitrogen and oxygen atoms in total. The maximum atomic E-state index is 11.6. The molecule has 0 spiro atoms. The van der Waals surface area contributed by atoms with Gasteiger partial charge in [-0.2, -0.15) is 0 Å². The van der Waals surface area contributed by atoms with Gasteiger partial charge in [0, 0.05) is 39.3 Å². The molecule has 178 valence electrons. The van der Waals surface area contributed by atoms with Crippen LogP contribution in [0.5, 0.6) is 0 Å². The van der Waals surface area contributed by atoms with Crippen LogP contribution in [0.3, 0.4) is 0 Å². The van der Waals surface area contributed by atoms with Gasteiger partial charge >= 0.3 is 0 Å². The van der Waals surface area contributed by atoms with Crippen LogP contribution in [0.25, 0.3) is 0 Å². The van der Waals surface area contributed by atoms with E-state index in [1.54, 1.807) is 0 Å². The summed E-state index contributed by atoms with van der Waals surface area (Å²) in [5.74, 6) is 0.182. The minimum absolute atomic E-state index is 0.0719. The van der Waals surface area contributed by atoms with Gasteiger partial charge in [0.1, 0.15) is 6.61 Å². The van der Waals surface area contributed by atoms with Crippen molar-refractivity contribution >= 4 is 11.8 Å². The van der Waals surface area contributed by atoms with Crippen molar-refractivity contribution in [3.05, 3.63) is 0 Å². The molecule has 0 aliphatic carbocycles. The summed E-state index contributed by atoms with van der Waals surface area (Å²) in [5, 5.41) is 5.76. The zero-order valence-corrected chi connectivity index (χ0v) is 19.3. The number of rotatable bonds is 22. The summed E-state index contributed by atoms with van der Waals surface area (Å²) in [4.78, 5) is 22.8. The average Bonchev–Trinajstić information content (AvgIpc) is 2.74. The van der Waals surface area contributed by atoms with Gasteiger partial charge < -0.3 is 29.6 Å². The van der Waals surface area contributed by atoms with Gasteiger partial charge in [0.15, 0.2) is 0 Å². The maximum absolute atomic E-state index is 11.6. The van der Waals surface area contributed by atoms with E-state index in [2.05, 4.69) is 10.6 Å². The van der Waals surface area contributed by atoms with Crippen LogP contribution in [0.15, 0.2) is 0 Å². The number of methoxy groups -OCH3 is 1. The van der Waals surface area contributed by atoms with Crippen molar-refractivity contribution < 1.29 is 28.5 Å². The molecule has 8 heteroatoms. The molecule has 0 bridgehead atoms. The fourth-order valence-electron chi connectivity index (χ4n) is 2.53. The number of nitrogens with one attached hydrogen (secondary N) is 2. The molecule has 0 rings (SSSR count). The van der Waals surface area contributed by atoms with Crippen LogP contribution >= 0.6 is 0 Å². The normalized spacial score (nSPS) is 12.0. The first-order valence-corrected chi connectivity index (χ1v) is 11.4. The molecule has 0 aliphatic heterocycles. The largest absolute Gasteiger partial charge is 0.379 e. The number of ether oxygens (including phenoxy) is 4. The predicted octanol–water partition coefficient (Wildman–Crippen LogP) is 2.30. The van der Waals surface area contributed by atoms with Gasteiger partial charge in [-0.1, -0.05) is 13.8 Å². The first kappa shape index (κ1) is 28.8. The third-order valence-corrected chi connectivity index (χ3v) is 4.63. The van der Waals surface area contributed by atoms with E-state index in [0.29, 0.717) is 39.6 Å². The monoisotopic (exact) mass is 432 g/mol. The fourth-order valence-corrected chi connectivity index (χ4v) is 2.53. The van der Waals surface area contributed by atoms with Gasteiger partial charge in [0.05, 0.1) is 26.4 Å². The Bertz CT molecular complexity index is 409. The maximum Gasteiger partial charge on any atom is 0.245 e. The van der Waals surface area contributed by atoms with Crippen LogP contribution in [0.2, 0.25) is 0 Å². The molecule has 0 fully saturated rings. The first-order valence-electron chi connectivity index (χ1n) is 11.4. The van der Waals surface area contributed by atoms with Crippen LogP contribution in [-0.4, -0.2) is 78.3 Å². The summed E-state index contributed by atoms with van der Waals surface area (Å²) in [6.45, 7) is 9.31. The Morgan fingerprint density at radius 1 is 0.733 bits per heavy atom. The molecule has 0 aromatic heterocycles. The van der Waals surface area contributed by atoms with Crippen molar-refractivity contribution in [1.29, 1.82) is 0 Å². The van der Waals surface area contributed by atoms with E-state index in [0.717, 1.165) is 58.1 Å². The second kappa shape index (κ2) is 22.5. The highest BCUT2D eigenvalue weighted by atomic mass is 16.5. The Kier molecular flexibility index (Phi) is 21.6. The molecule has 30 heavy (non-hydrogen) atoms. The van der Waals surface area contributed by atoms with Gasteiger partial charge in [0.25, 0.3) is 0 Å². The summed E-state index contributed by atoms with van der Waals surface area (Å²) >= 11 is 0. The molecule has 0 saturated heterocycles. The standard InChI is InChI=1S/C22H44N2O6/c1-4-20(2)22(26)24-12-8-6-10-14-29-16-18-30-17-15-28-13-9-5-7-11-23-21(25)19-27-3/h20H,4-19H2,1-3H3,(H,23,25)(H,24,26). The molecular weight excluding hydrogens is 388 g/mol. The molecule has 0 aromatic rings. The summed E-state index contributed by atoms with van der Waals surface area (Å²) in [6.07, 6.45) is 6.86. The minimum atomic E-state index is -0.0719. The van der Waals surface area contributed by atoms with Crippen molar-refractivity contribution in [1.82, 2.24) is 10.6 Å². The molecule has 2 N–H and O–H groups in total. The summed E-state index contributed by atoms with van der Waals surface area (Å²) in [6, 6.07) is 0. The van der Waals surface area contributed by atoms with Crippen LogP contribution in [0, 0.1) is 5.92 Å². The number of hydrogen-bond acceptors (Lipinski definition) is 6. The Morgan fingerprint density at radius 2 is 1.23 bits per heavy atom. The van der Waals surface area contributed by atoms with Gasteiger partial charge in [-0.25, -0.2) is 0 Å². The molecule has 0 saturated carbocycles. The zero-order valence-electron chi connectivity index (χ0n) is 19.3. The fraction of sp³-hybridized carbons (Fsp3) is 0.909. The molecule has 1 unspecified atom stereocenters. The van der Waals surface area contributed by atoms with Crippen molar-refractivity contribution in [3.8, 4) is 0 Å². The van der Waals surface area contributed by atoms with E-state index in [-0.39, 0.29) is 24.3 Å². The molecular formula is C22H44N2O6. The highest BCUT2D eigenvalue weighted by molar-refractivity contribution is 5.78. The Hall–Kier alpha value is -1.22.